The maximum atomic E-state index is 11.2. The number of carbonyl (C=O) groups excluding carboxylic acids is 1. The monoisotopic (exact) mass is 216 g/mol. The second kappa shape index (κ2) is 5.51. The molecule has 0 N–H and O–H groups in total. The van der Waals surface area contributed by atoms with Gasteiger partial charge in [0.05, 0.1) is 19.0 Å². The Morgan fingerprint density at radius 1 is 1.43 bits per heavy atom. The molecule has 1 aromatic rings. The average molecular weight is 217 g/mol. The number of halogens is 1. The van der Waals surface area contributed by atoms with Crippen LogP contribution in [0.1, 0.15) is 10.5 Å². The summed E-state index contributed by atoms with van der Waals surface area (Å²) in [5, 5.41) is 0.235. The maximum Gasteiger partial charge on any atom is 0.358 e. The van der Waals surface area contributed by atoms with Crippen LogP contribution in [0.25, 0.3) is 0 Å². The van der Waals surface area contributed by atoms with Gasteiger partial charge in [0, 0.05) is 7.11 Å². The van der Waals surface area contributed by atoms with Gasteiger partial charge in [-0.25, -0.2) is 14.8 Å². The van der Waals surface area contributed by atoms with E-state index in [2.05, 4.69) is 9.97 Å². The highest BCUT2D eigenvalue weighted by molar-refractivity contribution is 6.29. The normalized spacial score (nSPS) is 9.86. The Morgan fingerprint density at radius 3 is 2.79 bits per heavy atom. The van der Waals surface area contributed by atoms with Gasteiger partial charge in [0.25, 0.3) is 0 Å². The largest absolute Gasteiger partial charge is 0.458 e. The van der Waals surface area contributed by atoms with Gasteiger partial charge in [0.2, 0.25) is 0 Å². The molecule has 0 fully saturated rings. The zero-order valence-electron chi connectivity index (χ0n) is 7.57. The summed E-state index contributed by atoms with van der Waals surface area (Å²) < 4.78 is 9.51. The molecule has 0 spiro atoms. The second-order valence-electron chi connectivity index (χ2n) is 2.35. The van der Waals surface area contributed by atoms with Gasteiger partial charge in [0.1, 0.15) is 11.8 Å². The van der Waals surface area contributed by atoms with Crippen molar-refractivity contribution < 1.29 is 14.3 Å². The van der Waals surface area contributed by atoms with Gasteiger partial charge in [-0.2, -0.15) is 0 Å². The molecule has 1 rings (SSSR count). The van der Waals surface area contributed by atoms with Crippen LogP contribution in [0, 0.1) is 0 Å². The third-order valence-electron chi connectivity index (χ3n) is 1.35. The van der Waals surface area contributed by atoms with E-state index in [1.807, 2.05) is 0 Å². The lowest BCUT2D eigenvalue weighted by molar-refractivity contribution is 0.0381. The molecule has 0 saturated carbocycles. The fourth-order valence-electron chi connectivity index (χ4n) is 0.709. The number of nitrogens with zero attached hydrogens (tertiary/aromatic N) is 2. The minimum atomic E-state index is -0.536. The van der Waals surface area contributed by atoms with Gasteiger partial charge in [0.15, 0.2) is 5.69 Å². The standard InChI is InChI=1S/C8H9ClN2O3/c1-13-2-3-14-8(12)6-4-11-7(9)5-10-6/h4-5H,2-3H2,1H3. The maximum absolute atomic E-state index is 11.2. The number of rotatable bonds is 4. The zero-order valence-corrected chi connectivity index (χ0v) is 8.32. The Kier molecular flexibility index (Phi) is 4.28. The van der Waals surface area contributed by atoms with Gasteiger partial charge >= 0.3 is 5.97 Å². The predicted molar refractivity (Wildman–Crippen MR) is 49.2 cm³/mol. The van der Waals surface area contributed by atoms with Crippen LogP contribution in [0.4, 0.5) is 0 Å². The molecule has 0 aliphatic heterocycles. The van der Waals surface area contributed by atoms with Gasteiger partial charge in [-0.1, -0.05) is 11.6 Å². The molecule has 14 heavy (non-hydrogen) atoms. The Bertz CT molecular complexity index is 302. The number of hydrogen-bond acceptors (Lipinski definition) is 5. The van der Waals surface area contributed by atoms with E-state index >= 15 is 0 Å². The summed E-state index contributed by atoms with van der Waals surface area (Å²) in [4.78, 5) is 18.7. The van der Waals surface area contributed by atoms with E-state index in [1.165, 1.54) is 19.5 Å². The van der Waals surface area contributed by atoms with Gasteiger partial charge in [-0.3, -0.25) is 0 Å². The number of esters is 1. The molecule has 0 atom stereocenters. The van der Waals surface area contributed by atoms with Crippen molar-refractivity contribution in [3.05, 3.63) is 23.2 Å². The third-order valence-corrected chi connectivity index (χ3v) is 1.55. The Balaban J connectivity index is 2.48. The van der Waals surface area contributed by atoms with Crippen molar-refractivity contribution >= 4 is 17.6 Å². The van der Waals surface area contributed by atoms with Crippen LogP contribution in [0.15, 0.2) is 12.4 Å². The molecule has 76 valence electrons. The highest BCUT2D eigenvalue weighted by atomic mass is 35.5. The molecule has 6 heteroatoms. The smallest absolute Gasteiger partial charge is 0.358 e. The van der Waals surface area contributed by atoms with Gasteiger partial charge < -0.3 is 9.47 Å². The van der Waals surface area contributed by atoms with Crippen LogP contribution in [0.3, 0.4) is 0 Å². The van der Waals surface area contributed by atoms with Crippen LogP contribution in [-0.4, -0.2) is 36.3 Å². The summed E-state index contributed by atoms with van der Waals surface area (Å²) in [7, 11) is 1.52. The van der Waals surface area contributed by atoms with Crippen molar-refractivity contribution in [2.24, 2.45) is 0 Å². The molecular weight excluding hydrogens is 208 g/mol. The van der Waals surface area contributed by atoms with E-state index in [0.717, 1.165) is 0 Å². The van der Waals surface area contributed by atoms with Crippen molar-refractivity contribution in [2.75, 3.05) is 20.3 Å². The first kappa shape index (κ1) is 10.9. The number of methoxy groups -OCH3 is 1. The molecule has 0 saturated heterocycles. The van der Waals surface area contributed by atoms with Crippen LogP contribution in [0.2, 0.25) is 5.15 Å². The molecule has 0 unspecified atom stereocenters. The molecule has 0 aromatic carbocycles. The molecule has 0 radical (unpaired) electrons. The van der Waals surface area contributed by atoms with Crippen molar-refractivity contribution in [2.45, 2.75) is 0 Å². The van der Waals surface area contributed by atoms with Crippen molar-refractivity contribution in [1.29, 1.82) is 0 Å². The van der Waals surface area contributed by atoms with Crippen molar-refractivity contribution in [3.63, 3.8) is 0 Å². The Morgan fingerprint density at radius 2 is 2.21 bits per heavy atom. The SMILES string of the molecule is COCCOC(=O)c1cnc(Cl)cn1. The first-order valence-corrected chi connectivity index (χ1v) is 4.25. The molecule has 1 heterocycles. The van der Waals surface area contributed by atoms with E-state index in [-0.39, 0.29) is 17.5 Å². The average Bonchev–Trinajstić information content (AvgIpc) is 2.19. The van der Waals surface area contributed by atoms with Crippen LogP contribution < -0.4 is 0 Å². The minimum Gasteiger partial charge on any atom is -0.458 e. The van der Waals surface area contributed by atoms with Crippen molar-refractivity contribution in [3.8, 4) is 0 Å². The molecule has 1 aromatic heterocycles. The van der Waals surface area contributed by atoms with E-state index in [4.69, 9.17) is 21.1 Å². The Hall–Kier alpha value is -1.20. The molecule has 5 nitrogen and oxygen atoms in total. The van der Waals surface area contributed by atoms with E-state index in [9.17, 15) is 4.79 Å². The summed E-state index contributed by atoms with van der Waals surface area (Å²) in [5.74, 6) is -0.536. The zero-order chi connectivity index (χ0) is 10.4. The summed E-state index contributed by atoms with van der Waals surface area (Å²) in [6, 6.07) is 0. The first-order valence-electron chi connectivity index (χ1n) is 3.87. The molecule has 0 bridgehead atoms. The summed E-state index contributed by atoms with van der Waals surface area (Å²) >= 11 is 5.50. The van der Waals surface area contributed by atoms with E-state index in [0.29, 0.717) is 6.61 Å². The number of aromatic nitrogens is 2. The quantitative estimate of drug-likeness (QED) is 0.554. The number of hydrogen-bond donors (Lipinski definition) is 0. The number of ether oxygens (including phenoxy) is 2. The van der Waals surface area contributed by atoms with Crippen molar-refractivity contribution in [1.82, 2.24) is 9.97 Å². The lowest BCUT2D eigenvalue weighted by Gasteiger charge is -2.02. The third kappa shape index (κ3) is 3.27. The van der Waals surface area contributed by atoms with Crippen LogP contribution >= 0.6 is 11.6 Å². The summed E-state index contributed by atoms with van der Waals surface area (Å²) in [6.07, 6.45) is 2.55. The lowest BCUT2D eigenvalue weighted by Crippen LogP contribution is -2.11. The number of carbonyl (C=O) groups is 1. The fraction of sp³-hybridized carbons (Fsp3) is 0.375. The minimum absolute atomic E-state index is 0.130. The lowest BCUT2D eigenvalue weighted by atomic mass is 10.4. The second-order valence-corrected chi connectivity index (χ2v) is 2.74. The molecule has 0 aliphatic carbocycles. The van der Waals surface area contributed by atoms with Gasteiger partial charge in [-0.05, 0) is 0 Å². The molecule has 0 amide bonds. The summed E-state index contributed by atoms with van der Waals surface area (Å²) in [6.45, 7) is 0.548. The van der Waals surface area contributed by atoms with Crippen LogP contribution in [0.5, 0.6) is 0 Å². The Labute approximate surface area is 86.0 Å². The molecular formula is C8H9ClN2O3. The molecule has 0 aliphatic rings. The topological polar surface area (TPSA) is 61.3 Å². The van der Waals surface area contributed by atoms with E-state index < -0.39 is 5.97 Å². The highest BCUT2D eigenvalue weighted by Gasteiger charge is 2.08. The predicted octanol–water partition coefficient (Wildman–Crippen LogP) is 0.933. The summed E-state index contributed by atoms with van der Waals surface area (Å²) in [5.41, 5.74) is 0.130. The van der Waals surface area contributed by atoms with Crippen LogP contribution in [-0.2, 0) is 9.47 Å². The van der Waals surface area contributed by atoms with Gasteiger partial charge in [-0.15, -0.1) is 0 Å². The fourth-order valence-corrected chi connectivity index (χ4v) is 0.807. The highest BCUT2D eigenvalue weighted by Crippen LogP contribution is 2.02. The van der Waals surface area contributed by atoms with E-state index in [1.54, 1.807) is 0 Å². The first-order chi connectivity index (χ1) is 6.74.